The highest BCUT2D eigenvalue weighted by molar-refractivity contribution is 7.86. The summed E-state index contributed by atoms with van der Waals surface area (Å²) in [5.74, 6) is 0. The maximum absolute atomic E-state index is 11.0. The molecule has 0 saturated carbocycles. The van der Waals surface area contributed by atoms with Crippen molar-refractivity contribution in [1.82, 2.24) is 5.32 Å². The molecule has 0 amide bonds. The average Bonchev–Trinajstić information content (AvgIpc) is 2.17. The van der Waals surface area contributed by atoms with Crippen molar-refractivity contribution in [3.63, 3.8) is 0 Å². The van der Waals surface area contributed by atoms with Gasteiger partial charge in [-0.2, -0.15) is 8.42 Å². The molecule has 0 aromatic rings. The van der Waals surface area contributed by atoms with Crippen LogP contribution in [-0.2, 0) is 10.1 Å². The summed E-state index contributed by atoms with van der Waals surface area (Å²) >= 11 is 0. The van der Waals surface area contributed by atoms with Crippen LogP contribution in [0.5, 0.6) is 0 Å². The van der Waals surface area contributed by atoms with E-state index in [1.165, 1.54) is 0 Å². The molecule has 0 aromatic carbocycles. The van der Waals surface area contributed by atoms with Gasteiger partial charge < -0.3 is 0 Å². The number of rotatable bonds is 5. The van der Waals surface area contributed by atoms with Crippen molar-refractivity contribution in [2.24, 2.45) is 5.41 Å². The first kappa shape index (κ1) is 13.4. The summed E-state index contributed by atoms with van der Waals surface area (Å²) in [6.45, 7) is 4.31. The van der Waals surface area contributed by atoms with Crippen LogP contribution in [0.3, 0.4) is 0 Å². The van der Waals surface area contributed by atoms with E-state index < -0.39 is 15.5 Å². The lowest BCUT2D eigenvalue weighted by Gasteiger charge is -2.28. The predicted molar refractivity (Wildman–Crippen MR) is 64.6 cm³/mol. The van der Waals surface area contributed by atoms with E-state index in [2.05, 4.69) is 24.4 Å². The number of nitrogens with one attached hydrogen (secondary N) is 1. The van der Waals surface area contributed by atoms with Gasteiger partial charge in [-0.15, -0.1) is 0 Å². The van der Waals surface area contributed by atoms with Gasteiger partial charge in [0.25, 0.3) is 10.1 Å². The van der Waals surface area contributed by atoms with E-state index >= 15 is 0 Å². The van der Waals surface area contributed by atoms with Gasteiger partial charge in [0.1, 0.15) is 5.37 Å². The van der Waals surface area contributed by atoms with Crippen LogP contribution in [0.1, 0.15) is 26.7 Å². The molecule has 1 aliphatic rings. The SMILES string of the molecule is CCC(NCC1(C)C=CC=CC1)S(=O)(=O)O. The molecular formula is C11H19NO3S. The molecule has 5 heteroatoms. The van der Waals surface area contributed by atoms with Crippen LogP contribution in [0, 0.1) is 5.41 Å². The zero-order valence-corrected chi connectivity index (χ0v) is 10.5. The lowest BCUT2D eigenvalue weighted by molar-refractivity contribution is 0.370. The summed E-state index contributed by atoms with van der Waals surface area (Å²) in [6.07, 6.45) is 9.26. The van der Waals surface area contributed by atoms with Crippen LogP contribution < -0.4 is 5.32 Å². The Morgan fingerprint density at radius 1 is 1.50 bits per heavy atom. The summed E-state index contributed by atoms with van der Waals surface area (Å²) < 4.78 is 31.0. The third-order valence-electron chi connectivity index (χ3n) is 2.79. The van der Waals surface area contributed by atoms with Gasteiger partial charge in [-0.05, 0) is 12.8 Å². The van der Waals surface area contributed by atoms with Gasteiger partial charge in [0.05, 0.1) is 0 Å². The van der Waals surface area contributed by atoms with Crippen molar-refractivity contribution in [1.29, 1.82) is 0 Å². The minimum absolute atomic E-state index is 0.0765. The second-order valence-corrected chi connectivity index (χ2v) is 6.04. The van der Waals surface area contributed by atoms with Crippen LogP contribution in [-0.4, -0.2) is 24.9 Å². The summed E-state index contributed by atoms with van der Waals surface area (Å²) in [7, 11) is -4.00. The lowest BCUT2D eigenvalue weighted by Crippen LogP contribution is -2.41. The quantitative estimate of drug-likeness (QED) is 0.724. The highest BCUT2D eigenvalue weighted by Crippen LogP contribution is 2.26. The van der Waals surface area contributed by atoms with Gasteiger partial charge in [0, 0.05) is 12.0 Å². The zero-order valence-electron chi connectivity index (χ0n) is 9.68. The Balaban J connectivity index is 2.56. The van der Waals surface area contributed by atoms with Crippen molar-refractivity contribution in [2.45, 2.75) is 32.1 Å². The van der Waals surface area contributed by atoms with Gasteiger partial charge in [0.2, 0.25) is 0 Å². The average molecular weight is 245 g/mol. The fourth-order valence-electron chi connectivity index (χ4n) is 1.71. The van der Waals surface area contributed by atoms with Crippen LogP contribution in [0.25, 0.3) is 0 Å². The highest BCUT2D eigenvalue weighted by atomic mass is 32.2. The molecule has 4 nitrogen and oxygen atoms in total. The predicted octanol–water partition coefficient (Wildman–Crippen LogP) is 1.72. The van der Waals surface area contributed by atoms with Crippen LogP contribution in [0.2, 0.25) is 0 Å². The van der Waals surface area contributed by atoms with E-state index in [1.54, 1.807) is 6.92 Å². The Morgan fingerprint density at radius 3 is 2.62 bits per heavy atom. The molecule has 1 aliphatic carbocycles. The Kier molecular flexibility index (Phi) is 4.29. The summed E-state index contributed by atoms with van der Waals surface area (Å²) in [6, 6.07) is 0. The van der Waals surface area contributed by atoms with Crippen molar-refractivity contribution in [3.8, 4) is 0 Å². The number of allylic oxidation sites excluding steroid dienone is 3. The molecule has 0 spiro atoms. The molecular weight excluding hydrogens is 226 g/mol. The number of hydrogen-bond donors (Lipinski definition) is 2. The largest absolute Gasteiger partial charge is 0.298 e. The van der Waals surface area contributed by atoms with E-state index in [1.807, 2.05) is 12.2 Å². The minimum atomic E-state index is -4.00. The number of hydrogen-bond acceptors (Lipinski definition) is 3. The highest BCUT2D eigenvalue weighted by Gasteiger charge is 2.26. The lowest BCUT2D eigenvalue weighted by atomic mass is 9.84. The molecule has 92 valence electrons. The monoisotopic (exact) mass is 245 g/mol. The topological polar surface area (TPSA) is 66.4 Å². The zero-order chi connectivity index (χ0) is 12.2. The van der Waals surface area contributed by atoms with Gasteiger partial charge in [-0.25, -0.2) is 0 Å². The summed E-state index contributed by atoms with van der Waals surface area (Å²) in [5, 5.41) is 2.02. The van der Waals surface area contributed by atoms with E-state index in [0.717, 1.165) is 6.42 Å². The molecule has 2 unspecified atom stereocenters. The molecule has 0 heterocycles. The van der Waals surface area contributed by atoms with Gasteiger partial charge in [0.15, 0.2) is 0 Å². The molecule has 0 aliphatic heterocycles. The second-order valence-electron chi connectivity index (χ2n) is 4.44. The molecule has 1 rings (SSSR count). The summed E-state index contributed by atoms with van der Waals surface area (Å²) in [4.78, 5) is 0. The van der Waals surface area contributed by atoms with Gasteiger partial charge in [-0.3, -0.25) is 9.87 Å². The first-order valence-corrected chi connectivity index (χ1v) is 6.92. The third kappa shape index (κ3) is 3.73. The standard InChI is InChI=1S/C11H19NO3S/c1-3-10(16(13,14)15)12-9-11(2)7-5-4-6-8-11/h4-7,10,12H,3,8-9H2,1-2H3,(H,13,14,15). The van der Waals surface area contributed by atoms with Gasteiger partial charge >= 0.3 is 0 Å². The molecule has 0 saturated heterocycles. The van der Waals surface area contributed by atoms with Crippen LogP contribution >= 0.6 is 0 Å². The van der Waals surface area contributed by atoms with Crippen molar-refractivity contribution in [2.75, 3.05) is 6.54 Å². The van der Waals surface area contributed by atoms with E-state index in [9.17, 15) is 8.42 Å². The Hall–Kier alpha value is -0.650. The van der Waals surface area contributed by atoms with Crippen LogP contribution in [0.15, 0.2) is 24.3 Å². The Bertz CT molecular complexity index is 386. The molecule has 2 N–H and O–H groups in total. The fourth-order valence-corrected chi connectivity index (χ4v) is 2.43. The minimum Gasteiger partial charge on any atom is -0.298 e. The smallest absolute Gasteiger partial charge is 0.281 e. The van der Waals surface area contributed by atoms with Crippen molar-refractivity contribution >= 4 is 10.1 Å². The molecule has 0 fully saturated rings. The van der Waals surface area contributed by atoms with Gasteiger partial charge in [-0.1, -0.05) is 38.2 Å². The summed E-state index contributed by atoms with van der Waals surface area (Å²) in [5.41, 5.74) is -0.0765. The fraction of sp³-hybridized carbons (Fsp3) is 0.636. The Labute approximate surface area is 97.2 Å². The molecule has 0 bridgehead atoms. The normalized spacial score (nSPS) is 26.9. The Morgan fingerprint density at radius 2 is 2.19 bits per heavy atom. The third-order valence-corrected chi connectivity index (χ3v) is 4.01. The van der Waals surface area contributed by atoms with Crippen LogP contribution in [0.4, 0.5) is 0 Å². The van der Waals surface area contributed by atoms with Crippen molar-refractivity contribution < 1.29 is 13.0 Å². The van der Waals surface area contributed by atoms with E-state index in [4.69, 9.17) is 4.55 Å². The van der Waals surface area contributed by atoms with E-state index in [0.29, 0.717) is 13.0 Å². The molecule has 0 radical (unpaired) electrons. The molecule has 0 aromatic heterocycles. The maximum atomic E-state index is 11.0. The van der Waals surface area contributed by atoms with Crippen molar-refractivity contribution in [3.05, 3.63) is 24.3 Å². The van der Waals surface area contributed by atoms with E-state index in [-0.39, 0.29) is 5.41 Å². The molecule has 2 atom stereocenters. The first-order chi connectivity index (χ1) is 7.37. The first-order valence-electron chi connectivity index (χ1n) is 5.41. The maximum Gasteiger partial charge on any atom is 0.281 e. The second kappa shape index (κ2) is 5.12. The molecule has 16 heavy (non-hydrogen) atoms.